The Morgan fingerprint density at radius 2 is 1.68 bits per heavy atom. The lowest BCUT2D eigenvalue weighted by atomic mass is 10.0. The second-order valence-electron chi connectivity index (χ2n) is 5.70. The summed E-state index contributed by atoms with van der Waals surface area (Å²) in [6, 6.07) is 8.51. The summed E-state index contributed by atoms with van der Waals surface area (Å²) in [6.07, 6.45) is 0. The lowest BCUT2D eigenvalue weighted by molar-refractivity contribution is 0.340. The van der Waals surface area contributed by atoms with Crippen LogP contribution >= 0.6 is 0 Å². The monoisotopic (exact) mass is 262 g/mol. The number of ether oxygens (including phenoxy) is 1. The van der Waals surface area contributed by atoms with E-state index in [2.05, 4.69) is 48.3 Å². The summed E-state index contributed by atoms with van der Waals surface area (Å²) in [6.45, 7) is 11.8. The van der Waals surface area contributed by atoms with Gasteiger partial charge in [0, 0.05) is 18.8 Å². The number of benzene rings is 1. The van der Waals surface area contributed by atoms with Crippen LogP contribution in [0, 0.1) is 11.8 Å². The van der Waals surface area contributed by atoms with Crippen molar-refractivity contribution in [2.45, 2.75) is 20.8 Å². The molecule has 106 valence electrons. The van der Waals surface area contributed by atoms with Crippen LogP contribution in [0.3, 0.4) is 0 Å². The lowest BCUT2D eigenvalue weighted by Gasteiger charge is -2.33. The average molecular weight is 262 g/mol. The predicted molar refractivity (Wildman–Crippen MR) is 81.0 cm³/mol. The van der Waals surface area contributed by atoms with Crippen molar-refractivity contribution in [2.24, 2.45) is 11.8 Å². The highest BCUT2D eigenvalue weighted by molar-refractivity contribution is 5.49. The van der Waals surface area contributed by atoms with Crippen LogP contribution in [0.1, 0.15) is 20.8 Å². The average Bonchev–Trinajstić information content (AvgIpc) is 2.37. The smallest absolute Gasteiger partial charge is 0.119 e. The molecule has 2 atom stereocenters. The van der Waals surface area contributed by atoms with Gasteiger partial charge in [-0.25, -0.2) is 0 Å². The van der Waals surface area contributed by atoms with Gasteiger partial charge in [-0.15, -0.1) is 0 Å². The van der Waals surface area contributed by atoms with Gasteiger partial charge in [-0.1, -0.05) is 13.8 Å². The van der Waals surface area contributed by atoms with Crippen molar-refractivity contribution in [3.63, 3.8) is 0 Å². The molecule has 0 aromatic heterocycles. The first-order valence-corrected chi connectivity index (χ1v) is 7.37. The molecule has 1 saturated heterocycles. The van der Waals surface area contributed by atoms with E-state index < -0.39 is 0 Å². The SMILES string of the molecule is CCOc1ccc(N2CC(C)CNCC(C)C2)cc1. The zero-order valence-electron chi connectivity index (χ0n) is 12.4. The maximum absolute atomic E-state index is 5.51. The lowest BCUT2D eigenvalue weighted by Crippen LogP contribution is -2.42. The highest BCUT2D eigenvalue weighted by Gasteiger charge is 2.17. The van der Waals surface area contributed by atoms with Crippen molar-refractivity contribution < 1.29 is 4.74 Å². The molecular weight excluding hydrogens is 236 g/mol. The van der Waals surface area contributed by atoms with E-state index in [4.69, 9.17) is 4.74 Å². The first-order valence-electron chi connectivity index (χ1n) is 7.37. The van der Waals surface area contributed by atoms with Gasteiger partial charge in [0.1, 0.15) is 5.75 Å². The largest absolute Gasteiger partial charge is 0.494 e. The molecule has 1 aliphatic heterocycles. The van der Waals surface area contributed by atoms with E-state index in [1.807, 2.05) is 6.92 Å². The number of hydrogen-bond acceptors (Lipinski definition) is 3. The van der Waals surface area contributed by atoms with Crippen molar-refractivity contribution in [3.8, 4) is 5.75 Å². The van der Waals surface area contributed by atoms with Gasteiger partial charge in [-0.2, -0.15) is 0 Å². The Balaban J connectivity index is 2.08. The van der Waals surface area contributed by atoms with Crippen LogP contribution in [0.4, 0.5) is 5.69 Å². The number of nitrogens with zero attached hydrogens (tertiary/aromatic N) is 1. The molecule has 3 heteroatoms. The van der Waals surface area contributed by atoms with Crippen LogP contribution in [0.2, 0.25) is 0 Å². The number of nitrogens with one attached hydrogen (secondary N) is 1. The van der Waals surface area contributed by atoms with Crippen molar-refractivity contribution in [3.05, 3.63) is 24.3 Å². The molecule has 0 radical (unpaired) electrons. The maximum Gasteiger partial charge on any atom is 0.119 e. The van der Waals surface area contributed by atoms with E-state index in [0.29, 0.717) is 11.8 Å². The highest BCUT2D eigenvalue weighted by Crippen LogP contribution is 2.22. The summed E-state index contributed by atoms with van der Waals surface area (Å²) in [5.74, 6) is 2.32. The van der Waals surface area contributed by atoms with Crippen LogP contribution in [-0.2, 0) is 0 Å². The molecule has 3 nitrogen and oxygen atoms in total. The minimum atomic E-state index is 0.680. The highest BCUT2D eigenvalue weighted by atomic mass is 16.5. The first-order chi connectivity index (χ1) is 9.19. The Morgan fingerprint density at radius 3 is 2.21 bits per heavy atom. The van der Waals surface area contributed by atoms with Gasteiger partial charge >= 0.3 is 0 Å². The Labute approximate surface area is 116 Å². The standard InChI is InChI=1S/C16H26N2O/c1-4-19-16-7-5-15(6-8-16)18-11-13(2)9-17-10-14(3)12-18/h5-8,13-14,17H,4,9-12H2,1-3H3. The molecule has 1 aliphatic rings. The quantitative estimate of drug-likeness (QED) is 0.906. The minimum Gasteiger partial charge on any atom is -0.494 e. The zero-order chi connectivity index (χ0) is 13.7. The van der Waals surface area contributed by atoms with Crippen molar-refractivity contribution in [1.82, 2.24) is 5.32 Å². The Kier molecular flexibility index (Phi) is 5.08. The molecule has 1 fully saturated rings. The number of rotatable bonds is 3. The molecule has 0 spiro atoms. The van der Waals surface area contributed by atoms with E-state index in [1.54, 1.807) is 0 Å². The van der Waals surface area contributed by atoms with Crippen LogP contribution in [0.15, 0.2) is 24.3 Å². The summed E-state index contributed by atoms with van der Waals surface area (Å²) in [7, 11) is 0. The molecule has 1 aromatic carbocycles. The van der Waals surface area contributed by atoms with Gasteiger partial charge in [0.25, 0.3) is 0 Å². The Hall–Kier alpha value is -1.22. The third-order valence-corrected chi connectivity index (χ3v) is 3.56. The Bertz CT molecular complexity index is 365. The van der Waals surface area contributed by atoms with Gasteiger partial charge in [-0.05, 0) is 56.1 Å². The fourth-order valence-electron chi connectivity index (χ4n) is 2.66. The second-order valence-corrected chi connectivity index (χ2v) is 5.70. The van der Waals surface area contributed by atoms with Gasteiger partial charge in [0.05, 0.1) is 6.61 Å². The molecule has 0 saturated carbocycles. The second kappa shape index (κ2) is 6.80. The summed E-state index contributed by atoms with van der Waals surface area (Å²) in [5.41, 5.74) is 1.31. The normalized spacial score (nSPS) is 24.7. The van der Waals surface area contributed by atoms with Gasteiger partial charge in [0.2, 0.25) is 0 Å². The molecule has 19 heavy (non-hydrogen) atoms. The van der Waals surface area contributed by atoms with Crippen LogP contribution in [0.25, 0.3) is 0 Å². The molecule has 2 unspecified atom stereocenters. The Morgan fingerprint density at radius 1 is 1.11 bits per heavy atom. The van der Waals surface area contributed by atoms with Gasteiger partial charge in [0.15, 0.2) is 0 Å². The molecule has 2 rings (SSSR count). The molecule has 0 bridgehead atoms. The molecule has 1 aromatic rings. The van der Waals surface area contributed by atoms with Crippen LogP contribution in [-0.4, -0.2) is 32.8 Å². The van der Waals surface area contributed by atoms with E-state index in [0.717, 1.165) is 38.5 Å². The van der Waals surface area contributed by atoms with Gasteiger partial charge < -0.3 is 15.0 Å². The van der Waals surface area contributed by atoms with E-state index in [1.165, 1.54) is 5.69 Å². The third kappa shape index (κ3) is 4.13. The van der Waals surface area contributed by atoms with Crippen LogP contribution < -0.4 is 15.0 Å². The van der Waals surface area contributed by atoms with Crippen molar-refractivity contribution in [1.29, 1.82) is 0 Å². The zero-order valence-corrected chi connectivity index (χ0v) is 12.4. The van der Waals surface area contributed by atoms with Gasteiger partial charge in [-0.3, -0.25) is 0 Å². The molecule has 1 heterocycles. The van der Waals surface area contributed by atoms with Crippen LogP contribution in [0.5, 0.6) is 5.75 Å². The molecule has 0 aliphatic carbocycles. The first kappa shape index (κ1) is 14.2. The summed E-state index contributed by atoms with van der Waals surface area (Å²) >= 11 is 0. The van der Waals surface area contributed by atoms with Crippen molar-refractivity contribution in [2.75, 3.05) is 37.7 Å². The van der Waals surface area contributed by atoms with Crippen molar-refractivity contribution >= 4 is 5.69 Å². The molecular formula is C16H26N2O. The van der Waals surface area contributed by atoms with E-state index >= 15 is 0 Å². The number of hydrogen-bond donors (Lipinski definition) is 1. The maximum atomic E-state index is 5.51. The van der Waals surface area contributed by atoms with E-state index in [-0.39, 0.29) is 0 Å². The topological polar surface area (TPSA) is 24.5 Å². The minimum absolute atomic E-state index is 0.680. The summed E-state index contributed by atoms with van der Waals surface area (Å²) < 4.78 is 5.51. The van der Waals surface area contributed by atoms with E-state index in [9.17, 15) is 0 Å². The fraction of sp³-hybridized carbons (Fsp3) is 0.625. The summed E-state index contributed by atoms with van der Waals surface area (Å²) in [4.78, 5) is 2.51. The molecule has 1 N–H and O–H groups in total. The fourth-order valence-corrected chi connectivity index (χ4v) is 2.66. The summed E-state index contributed by atoms with van der Waals surface area (Å²) in [5, 5.41) is 3.54. The number of anilines is 1. The predicted octanol–water partition coefficient (Wildman–Crippen LogP) is 2.77. The molecule has 0 amide bonds. The third-order valence-electron chi connectivity index (χ3n) is 3.56.